The molecule has 150 valence electrons. The predicted molar refractivity (Wildman–Crippen MR) is 111 cm³/mol. The summed E-state index contributed by atoms with van der Waals surface area (Å²) in [6.45, 7) is 12.5. The summed E-state index contributed by atoms with van der Waals surface area (Å²) in [6, 6.07) is 0. The molecule has 0 aromatic carbocycles. The maximum Gasteiger partial charge on any atom is 0.0107 e. The van der Waals surface area contributed by atoms with Crippen LogP contribution in [0.15, 0.2) is 0 Å². The Bertz CT molecular complexity index is 267. The third-order valence-corrected chi connectivity index (χ3v) is 5.43. The van der Waals surface area contributed by atoms with Crippen LogP contribution in [0.5, 0.6) is 0 Å². The van der Waals surface area contributed by atoms with E-state index in [2.05, 4.69) is 22.0 Å². The molecule has 0 aromatic heterocycles. The topological polar surface area (TPSA) is 44.5 Å². The van der Waals surface area contributed by atoms with E-state index >= 15 is 0 Å². The van der Waals surface area contributed by atoms with Gasteiger partial charge in [0.25, 0.3) is 0 Å². The van der Waals surface area contributed by atoms with E-state index in [9.17, 15) is 0 Å². The minimum absolute atomic E-state index is 0.783. The van der Waals surface area contributed by atoms with Crippen LogP contribution in [0.4, 0.5) is 0 Å². The van der Waals surface area contributed by atoms with Crippen molar-refractivity contribution in [2.75, 3.05) is 58.9 Å². The normalized spacial score (nSPS) is 16.0. The molecule has 0 spiro atoms. The Hall–Kier alpha value is -0.160. The molecular weight excluding hydrogens is 308 g/mol. The first-order valence-corrected chi connectivity index (χ1v) is 11.2. The summed E-state index contributed by atoms with van der Waals surface area (Å²) in [4.78, 5) is 5.15. The van der Waals surface area contributed by atoms with Crippen LogP contribution in [0.1, 0.15) is 77.6 Å². The van der Waals surface area contributed by atoms with E-state index in [1.807, 2.05) is 0 Å². The molecule has 0 aromatic rings. The summed E-state index contributed by atoms with van der Waals surface area (Å²) in [5.74, 6) is 0. The second-order valence-corrected chi connectivity index (χ2v) is 7.76. The maximum atomic E-state index is 5.79. The number of nitrogens with zero attached hydrogens (tertiary/aromatic N) is 2. The van der Waals surface area contributed by atoms with Gasteiger partial charge in [-0.05, 0) is 38.9 Å². The van der Waals surface area contributed by atoms with Gasteiger partial charge in [0.05, 0.1) is 0 Å². The summed E-state index contributed by atoms with van der Waals surface area (Å²) >= 11 is 0. The van der Waals surface area contributed by atoms with Crippen LogP contribution >= 0.6 is 0 Å². The van der Waals surface area contributed by atoms with Gasteiger partial charge in [-0.25, -0.2) is 0 Å². The molecule has 1 fully saturated rings. The maximum absolute atomic E-state index is 5.79. The fourth-order valence-electron chi connectivity index (χ4n) is 3.77. The monoisotopic (exact) mass is 354 g/mol. The van der Waals surface area contributed by atoms with Crippen molar-refractivity contribution in [3.05, 3.63) is 0 Å². The number of unbranched alkanes of at least 4 members (excludes halogenated alkanes) is 7. The lowest BCUT2D eigenvalue weighted by molar-refractivity contribution is 0.225. The molecule has 0 radical (unpaired) electrons. The summed E-state index contributed by atoms with van der Waals surface area (Å²) in [5.41, 5.74) is 5.79. The molecule has 0 saturated carbocycles. The van der Waals surface area contributed by atoms with Crippen molar-refractivity contribution >= 4 is 0 Å². The average Bonchev–Trinajstić information content (AvgIpc) is 2.64. The van der Waals surface area contributed by atoms with Crippen LogP contribution in [-0.4, -0.2) is 68.7 Å². The summed E-state index contributed by atoms with van der Waals surface area (Å²) in [6.07, 6.45) is 15.4. The molecule has 25 heavy (non-hydrogen) atoms. The molecule has 3 N–H and O–H groups in total. The van der Waals surface area contributed by atoms with Crippen molar-refractivity contribution in [1.29, 1.82) is 0 Å². The molecule has 0 aliphatic carbocycles. The summed E-state index contributed by atoms with van der Waals surface area (Å²) in [5, 5.41) is 3.63. The fraction of sp³-hybridized carbons (Fsp3) is 1.00. The molecule has 0 atom stereocenters. The van der Waals surface area contributed by atoms with E-state index < -0.39 is 0 Å². The van der Waals surface area contributed by atoms with Crippen LogP contribution in [-0.2, 0) is 0 Å². The van der Waals surface area contributed by atoms with Crippen molar-refractivity contribution in [2.45, 2.75) is 77.6 Å². The Balaban J connectivity index is 1.93. The molecule has 1 saturated heterocycles. The van der Waals surface area contributed by atoms with Crippen molar-refractivity contribution in [3.63, 3.8) is 0 Å². The number of piperidine rings is 1. The van der Waals surface area contributed by atoms with Crippen LogP contribution in [0.3, 0.4) is 0 Å². The number of likely N-dealkylation sites (tertiary alicyclic amines) is 1. The molecular formula is C21H46N4. The molecule has 0 amide bonds. The zero-order valence-electron chi connectivity index (χ0n) is 17.1. The molecule has 1 aliphatic rings. The minimum Gasteiger partial charge on any atom is -0.329 e. The van der Waals surface area contributed by atoms with E-state index in [0.29, 0.717) is 0 Å². The lowest BCUT2D eigenvalue weighted by Crippen LogP contribution is -2.39. The number of rotatable bonds is 17. The molecule has 4 nitrogen and oxygen atoms in total. The zero-order chi connectivity index (χ0) is 18.0. The van der Waals surface area contributed by atoms with Crippen LogP contribution in [0, 0.1) is 0 Å². The van der Waals surface area contributed by atoms with E-state index in [4.69, 9.17) is 5.73 Å². The van der Waals surface area contributed by atoms with Crippen molar-refractivity contribution in [2.24, 2.45) is 5.73 Å². The Morgan fingerprint density at radius 3 is 2.16 bits per heavy atom. The third kappa shape index (κ3) is 13.7. The Morgan fingerprint density at radius 1 is 0.800 bits per heavy atom. The van der Waals surface area contributed by atoms with E-state index in [1.165, 1.54) is 96.8 Å². The second-order valence-electron chi connectivity index (χ2n) is 7.76. The van der Waals surface area contributed by atoms with Gasteiger partial charge in [0.1, 0.15) is 0 Å². The third-order valence-electron chi connectivity index (χ3n) is 5.43. The predicted octanol–water partition coefficient (Wildman–Crippen LogP) is 3.46. The van der Waals surface area contributed by atoms with Gasteiger partial charge in [0.2, 0.25) is 0 Å². The van der Waals surface area contributed by atoms with E-state index in [0.717, 1.165) is 32.7 Å². The smallest absolute Gasteiger partial charge is 0.0107 e. The molecule has 1 aliphatic heterocycles. The van der Waals surface area contributed by atoms with Crippen molar-refractivity contribution in [1.82, 2.24) is 15.1 Å². The van der Waals surface area contributed by atoms with E-state index in [-0.39, 0.29) is 0 Å². The van der Waals surface area contributed by atoms with Gasteiger partial charge in [-0.2, -0.15) is 0 Å². The molecule has 0 bridgehead atoms. The fourth-order valence-corrected chi connectivity index (χ4v) is 3.77. The highest BCUT2D eigenvalue weighted by atomic mass is 15.2. The van der Waals surface area contributed by atoms with Gasteiger partial charge in [-0.1, -0.05) is 58.3 Å². The highest BCUT2D eigenvalue weighted by molar-refractivity contribution is 4.66. The van der Waals surface area contributed by atoms with Crippen molar-refractivity contribution in [3.8, 4) is 0 Å². The highest BCUT2D eigenvalue weighted by Crippen LogP contribution is 2.09. The lowest BCUT2D eigenvalue weighted by atomic mass is 10.1. The first-order valence-electron chi connectivity index (χ1n) is 11.2. The van der Waals surface area contributed by atoms with Gasteiger partial charge in [-0.15, -0.1) is 0 Å². The van der Waals surface area contributed by atoms with Gasteiger partial charge in [0, 0.05) is 39.3 Å². The van der Waals surface area contributed by atoms with Gasteiger partial charge in [-0.3, -0.25) is 0 Å². The van der Waals surface area contributed by atoms with Crippen LogP contribution in [0.2, 0.25) is 0 Å². The number of hydrogen-bond acceptors (Lipinski definition) is 4. The molecule has 1 heterocycles. The van der Waals surface area contributed by atoms with Gasteiger partial charge in [0.15, 0.2) is 0 Å². The van der Waals surface area contributed by atoms with Gasteiger partial charge >= 0.3 is 0 Å². The quantitative estimate of drug-likeness (QED) is 0.393. The largest absolute Gasteiger partial charge is 0.329 e. The Morgan fingerprint density at radius 2 is 1.48 bits per heavy atom. The van der Waals surface area contributed by atoms with Crippen LogP contribution < -0.4 is 11.1 Å². The highest BCUT2D eigenvalue weighted by Gasteiger charge is 2.09. The first-order chi connectivity index (χ1) is 12.4. The first kappa shape index (κ1) is 22.9. The number of nitrogens with one attached hydrogen (secondary N) is 1. The van der Waals surface area contributed by atoms with Crippen molar-refractivity contribution < 1.29 is 0 Å². The second kappa shape index (κ2) is 17.3. The van der Waals surface area contributed by atoms with Gasteiger partial charge < -0.3 is 20.9 Å². The lowest BCUT2D eigenvalue weighted by Gasteiger charge is -2.27. The zero-order valence-corrected chi connectivity index (χ0v) is 17.1. The Labute approximate surface area is 157 Å². The SMILES string of the molecule is CCCCCCCCCCN(CCN)CCNCCN1CCCCC1. The molecule has 4 heteroatoms. The average molecular weight is 355 g/mol. The standard InChI is InChI=1S/C21H46N4/c1-2-3-4-5-6-7-8-10-18-25(19-13-22)21-15-23-14-20-24-16-11-9-12-17-24/h23H,2-22H2,1H3. The molecule has 1 rings (SSSR count). The minimum atomic E-state index is 0.783. The summed E-state index contributed by atoms with van der Waals surface area (Å²) < 4.78 is 0. The number of nitrogens with two attached hydrogens (primary N) is 1. The van der Waals surface area contributed by atoms with Crippen LogP contribution in [0.25, 0.3) is 0 Å². The summed E-state index contributed by atoms with van der Waals surface area (Å²) in [7, 11) is 0. The molecule has 0 unspecified atom stereocenters. The van der Waals surface area contributed by atoms with E-state index in [1.54, 1.807) is 0 Å². The number of hydrogen-bond donors (Lipinski definition) is 2. The Kier molecular flexibility index (Phi) is 15.8.